The molecular weight excluding hydrogens is 367 g/mol. The Morgan fingerprint density at radius 3 is 2.20 bits per heavy atom. The van der Waals surface area contributed by atoms with E-state index in [1.165, 1.54) is 0 Å². The molecule has 0 aromatic heterocycles. The summed E-state index contributed by atoms with van der Waals surface area (Å²) in [5.41, 5.74) is 2.69. The van der Waals surface area contributed by atoms with Crippen LogP contribution in [-0.4, -0.2) is 19.3 Å². The predicted molar refractivity (Wildman–Crippen MR) is 87.5 cm³/mol. The van der Waals surface area contributed by atoms with Crippen molar-refractivity contribution in [3.05, 3.63) is 56.7 Å². The predicted octanol–water partition coefficient (Wildman–Crippen LogP) is 3.70. The van der Waals surface area contributed by atoms with Crippen LogP contribution in [0.25, 0.3) is 0 Å². The number of aliphatic hydroxyl groups is 1. The van der Waals surface area contributed by atoms with Crippen LogP contribution in [0.3, 0.4) is 0 Å². The van der Waals surface area contributed by atoms with E-state index in [4.69, 9.17) is 9.47 Å². The van der Waals surface area contributed by atoms with Crippen LogP contribution in [0.5, 0.6) is 11.5 Å². The molecule has 2 rings (SSSR count). The summed E-state index contributed by atoms with van der Waals surface area (Å²) in [6.07, 6.45) is -0.678. The first-order valence-corrected chi connectivity index (χ1v) is 7.31. The number of rotatable bonds is 4. The highest BCUT2D eigenvalue weighted by molar-refractivity contribution is 14.1. The number of benzene rings is 2. The van der Waals surface area contributed by atoms with Crippen molar-refractivity contribution in [1.29, 1.82) is 0 Å². The van der Waals surface area contributed by atoms with E-state index in [1.54, 1.807) is 14.2 Å². The van der Waals surface area contributed by atoms with Crippen LogP contribution in [0, 0.1) is 10.5 Å². The van der Waals surface area contributed by atoms with E-state index in [0.29, 0.717) is 11.5 Å². The number of hydrogen-bond donors (Lipinski definition) is 1. The molecule has 0 spiro atoms. The Kier molecular flexibility index (Phi) is 4.88. The molecule has 3 nitrogen and oxygen atoms in total. The fourth-order valence-corrected chi connectivity index (χ4v) is 2.84. The molecule has 1 N–H and O–H groups in total. The van der Waals surface area contributed by atoms with E-state index in [1.807, 2.05) is 43.3 Å². The van der Waals surface area contributed by atoms with Gasteiger partial charge in [-0.25, -0.2) is 0 Å². The van der Waals surface area contributed by atoms with Gasteiger partial charge in [-0.05, 0) is 64.4 Å². The summed E-state index contributed by atoms with van der Waals surface area (Å²) in [6.45, 7) is 1.95. The second-order valence-electron chi connectivity index (χ2n) is 4.49. The molecule has 106 valence electrons. The fraction of sp³-hybridized carbons (Fsp3) is 0.250. The quantitative estimate of drug-likeness (QED) is 0.818. The van der Waals surface area contributed by atoms with Crippen molar-refractivity contribution in [2.75, 3.05) is 14.2 Å². The summed E-state index contributed by atoms with van der Waals surface area (Å²) < 4.78 is 11.6. The van der Waals surface area contributed by atoms with Crippen LogP contribution in [0.4, 0.5) is 0 Å². The normalized spacial score (nSPS) is 12.1. The molecule has 2 aromatic rings. The lowest BCUT2D eigenvalue weighted by atomic mass is 9.97. The molecule has 0 aliphatic rings. The van der Waals surface area contributed by atoms with E-state index in [-0.39, 0.29) is 0 Å². The summed E-state index contributed by atoms with van der Waals surface area (Å²) in [5, 5.41) is 10.6. The zero-order valence-corrected chi connectivity index (χ0v) is 13.8. The first-order valence-electron chi connectivity index (χ1n) is 6.23. The topological polar surface area (TPSA) is 38.7 Å². The zero-order chi connectivity index (χ0) is 14.7. The summed E-state index contributed by atoms with van der Waals surface area (Å²) in [4.78, 5) is 0. The van der Waals surface area contributed by atoms with Gasteiger partial charge in [0.15, 0.2) is 11.5 Å². The molecule has 0 saturated heterocycles. The Bertz CT molecular complexity index is 611. The van der Waals surface area contributed by atoms with E-state index in [2.05, 4.69) is 22.6 Å². The largest absolute Gasteiger partial charge is 0.493 e. The molecule has 0 fully saturated rings. The fourth-order valence-electron chi connectivity index (χ4n) is 2.16. The molecule has 1 atom stereocenters. The van der Waals surface area contributed by atoms with Crippen molar-refractivity contribution in [1.82, 2.24) is 0 Å². The summed E-state index contributed by atoms with van der Waals surface area (Å²) in [6, 6.07) is 11.5. The SMILES string of the molecule is COc1cc(C)c(C(O)c2ccccc2I)cc1OC. The van der Waals surface area contributed by atoms with Gasteiger partial charge in [0.1, 0.15) is 6.10 Å². The van der Waals surface area contributed by atoms with Gasteiger partial charge in [0.2, 0.25) is 0 Å². The third-order valence-corrected chi connectivity index (χ3v) is 4.25. The van der Waals surface area contributed by atoms with Crippen molar-refractivity contribution in [3.63, 3.8) is 0 Å². The van der Waals surface area contributed by atoms with Crippen molar-refractivity contribution >= 4 is 22.6 Å². The molecular formula is C16H17IO3. The molecule has 0 heterocycles. The van der Waals surface area contributed by atoms with E-state index in [9.17, 15) is 5.11 Å². The van der Waals surface area contributed by atoms with Gasteiger partial charge in [-0.2, -0.15) is 0 Å². The maximum atomic E-state index is 10.6. The Morgan fingerprint density at radius 1 is 1.00 bits per heavy atom. The van der Waals surface area contributed by atoms with Crippen LogP contribution in [-0.2, 0) is 0 Å². The molecule has 1 unspecified atom stereocenters. The Morgan fingerprint density at radius 2 is 1.60 bits per heavy atom. The van der Waals surface area contributed by atoms with Gasteiger partial charge in [-0.15, -0.1) is 0 Å². The lowest BCUT2D eigenvalue weighted by Gasteiger charge is -2.18. The second kappa shape index (κ2) is 6.45. The monoisotopic (exact) mass is 384 g/mol. The maximum absolute atomic E-state index is 10.6. The summed E-state index contributed by atoms with van der Waals surface area (Å²) in [7, 11) is 3.20. The zero-order valence-electron chi connectivity index (χ0n) is 11.7. The van der Waals surface area contributed by atoms with Crippen molar-refractivity contribution < 1.29 is 14.6 Å². The standard InChI is InChI=1S/C16H17IO3/c1-10-8-14(19-2)15(20-3)9-12(10)16(18)11-6-4-5-7-13(11)17/h4-9,16,18H,1-3H3. The Labute approximate surface area is 132 Å². The van der Waals surface area contributed by atoms with Crippen LogP contribution in [0.1, 0.15) is 22.8 Å². The van der Waals surface area contributed by atoms with Gasteiger partial charge >= 0.3 is 0 Å². The van der Waals surface area contributed by atoms with Gasteiger partial charge < -0.3 is 14.6 Å². The average molecular weight is 384 g/mol. The molecule has 0 amide bonds. The number of halogens is 1. The minimum Gasteiger partial charge on any atom is -0.493 e. The van der Waals surface area contributed by atoms with E-state index < -0.39 is 6.10 Å². The molecule has 0 bridgehead atoms. The molecule has 0 aliphatic heterocycles. The highest BCUT2D eigenvalue weighted by Crippen LogP contribution is 2.35. The third-order valence-electron chi connectivity index (χ3n) is 3.27. The summed E-state index contributed by atoms with van der Waals surface area (Å²) >= 11 is 2.23. The smallest absolute Gasteiger partial charge is 0.161 e. The molecule has 0 radical (unpaired) electrons. The van der Waals surface area contributed by atoms with Crippen LogP contribution in [0.15, 0.2) is 36.4 Å². The lowest BCUT2D eigenvalue weighted by molar-refractivity contribution is 0.218. The van der Waals surface area contributed by atoms with Crippen LogP contribution >= 0.6 is 22.6 Å². The number of aryl methyl sites for hydroxylation is 1. The van der Waals surface area contributed by atoms with Crippen molar-refractivity contribution in [3.8, 4) is 11.5 Å². The summed E-state index contributed by atoms with van der Waals surface area (Å²) in [5.74, 6) is 1.29. The number of aliphatic hydroxyl groups excluding tert-OH is 1. The first-order chi connectivity index (χ1) is 9.58. The van der Waals surface area contributed by atoms with E-state index in [0.717, 1.165) is 20.3 Å². The van der Waals surface area contributed by atoms with Crippen LogP contribution < -0.4 is 9.47 Å². The number of methoxy groups -OCH3 is 2. The Balaban J connectivity index is 2.50. The molecule has 20 heavy (non-hydrogen) atoms. The molecule has 0 saturated carbocycles. The van der Waals surface area contributed by atoms with Crippen molar-refractivity contribution in [2.45, 2.75) is 13.0 Å². The van der Waals surface area contributed by atoms with E-state index >= 15 is 0 Å². The Hall–Kier alpha value is -1.27. The van der Waals surface area contributed by atoms with Crippen LogP contribution in [0.2, 0.25) is 0 Å². The van der Waals surface area contributed by atoms with Crippen molar-refractivity contribution in [2.24, 2.45) is 0 Å². The maximum Gasteiger partial charge on any atom is 0.161 e. The molecule has 0 aliphatic carbocycles. The lowest BCUT2D eigenvalue weighted by Crippen LogP contribution is -2.05. The average Bonchev–Trinajstić information content (AvgIpc) is 2.46. The van der Waals surface area contributed by atoms with Gasteiger partial charge in [-0.1, -0.05) is 18.2 Å². The first kappa shape index (κ1) is 15.1. The van der Waals surface area contributed by atoms with Gasteiger partial charge in [0.05, 0.1) is 14.2 Å². The second-order valence-corrected chi connectivity index (χ2v) is 5.65. The van der Waals surface area contributed by atoms with Gasteiger partial charge in [0.25, 0.3) is 0 Å². The number of ether oxygens (including phenoxy) is 2. The molecule has 4 heteroatoms. The molecule has 2 aromatic carbocycles. The van der Waals surface area contributed by atoms with Gasteiger partial charge in [-0.3, -0.25) is 0 Å². The highest BCUT2D eigenvalue weighted by atomic mass is 127. The van der Waals surface area contributed by atoms with Gasteiger partial charge in [0, 0.05) is 3.57 Å². The minimum absolute atomic E-state index is 0.623. The highest BCUT2D eigenvalue weighted by Gasteiger charge is 2.18. The number of hydrogen-bond acceptors (Lipinski definition) is 3. The minimum atomic E-state index is -0.678. The third kappa shape index (κ3) is 2.91.